The zero-order valence-electron chi connectivity index (χ0n) is 7.31. The zero-order chi connectivity index (χ0) is 10.4. The van der Waals surface area contributed by atoms with Gasteiger partial charge in [-0.25, -0.2) is 4.79 Å². The van der Waals surface area contributed by atoms with Crippen LogP contribution in [-0.4, -0.2) is 17.7 Å². The van der Waals surface area contributed by atoms with Gasteiger partial charge in [0.1, 0.15) is 12.4 Å². The Morgan fingerprint density at radius 3 is 3.00 bits per heavy atom. The van der Waals surface area contributed by atoms with E-state index in [2.05, 4.69) is 0 Å². The first-order chi connectivity index (χ1) is 6.68. The van der Waals surface area contributed by atoms with E-state index in [-0.39, 0.29) is 6.61 Å². The summed E-state index contributed by atoms with van der Waals surface area (Å²) < 4.78 is 5.20. The van der Waals surface area contributed by atoms with Crippen LogP contribution in [0.15, 0.2) is 36.4 Å². The van der Waals surface area contributed by atoms with Crippen LogP contribution in [0.3, 0.4) is 0 Å². The van der Waals surface area contributed by atoms with Gasteiger partial charge in [-0.15, -0.1) is 0 Å². The van der Waals surface area contributed by atoms with E-state index in [1.54, 1.807) is 24.3 Å². The summed E-state index contributed by atoms with van der Waals surface area (Å²) in [5.74, 6) is -0.368. The topological polar surface area (TPSA) is 46.5 Å². The molecular formula is C10H9ClO3. The summed E-state index contributed by atoms with van der Waals surface area (Å²) in [7, 11) is 0. The molecule has 1 aromatic carbocycles. The molecule has 0 bridgehead atoms. The van der Waals surface area contributed by atoms with Crippen molar-refractivity contribution in [3.05, 3.63) is 41.4 Å². The van der Waals surface area contributed by atoms with Crippen LogP contribution in [0.5, 0.6) is 5.75 Å². The van der Waals surface area contributed by atoms with E-state index >= 15 is 0 Å². The average molecular weight is 213 g/mol. The van der Waals surface area contributed by atoms with Gasteiger partial charge in [-0.2, -0.15) is 0 Å². The predicted molar refractivity (Wildman–Crippen MR) is 53.7 cm³/mol. The first-order valence-electron chi connectivity index (χ1n) is 3.96. The summed E-state index contributed by atoms with van der Waals surface area (Å²) in [5.41, 5.74) is 0. The molecule has 1 rings (SSSR count). The number of carbonyl (C=O) groups is 1. The highest BCUT2D eigenvalue weighted by Gasteiger charge is 1.92. The van der Waals surface area contributed by atoms with Crippen LogP contribution >= 0.6 is 11.6 Å². The van der Waals surface area contributed by atoms with Crippen molar-refractivity contribution >= 4 is 17.6 Å². The number of carboxylic acid groups (broad SMARTS) is 1. The third kappa shape index (κ3) is 3.96. The van der Waals surface area contributed by atoms with Crippen molar-refractivity contribution in [3.63, 3.8) is 0 Å². The summed E-state index contributed by atoms with van der Waals surface area (Å²) in [6.45, 7) is 0.215. The van der Waals surface area contributed by atoms with Crippen molar-refractivity contribution < 1.29 is 14.6 Å². The lowest BCUT2D eigenvalue weighted by Gasteiger charge is -2.02. The first-order valence-corrected chi connectivity index (χ1v) is 4.34. The Morgan fingerprint density at radius 2 is 2.36 bits per heavy atom. The lowest BCUT2D eigenvalue weighted by molar-refractivity contribution is -0.131. The Labute approximate surface area is 86.6 Å². The van der Waals surface area contributed by atoms with Crippen LogP contribution in [0.4, 0.5) is 0 Å². The number of benzene rings is 1. The van der Waals surface area contributed by atoms with Crippen LogP contribution in [0.2, 0.25) is 5.02 Å². The van der Waals surface area contributed by atoms with E-state index in [1.165, 1.54) is 6.08 Å². The van der Waals surface area contributed by atoms with Crippen LogP contribution < -0.4 is 4.74 Å². The van der Waals surface area contributed by atoms with Gasteiger partial charge in [0, 0.05) is 11.1 Å². The second-order valence-electron chi connectivity index (χ2n) is 2.51. The zero-order valence-corrected chi connectivity index (χ0v) is 8.07. The third-order valence-electron chi connectivity index (χ3n) is 1.40. The maximum atomic E-state index is 10.1. The van der Waals surface area contributed by atoms with Gasteiger partial charge in [0.25, 0.3) is 0 Å². The molecule has 74 valence electrons. The quantitative estimate of drug-likeness (QED) is 0.780. The van der Waals surface area contributed by atoms with E-state index in [9.17, 15) is 4.79 Å². The molecule has 4 heteroatoms. The molecule has 0 spiro atoms. The molecule has 0 aliphatic rings. The Bertz CT molecular complexity index is 347. The molecule has 0 saturated carbocycles. The molecule has 0 radical (unpaired) electrons. The Hall–Kier alpha value is -1.48. The lowest BCUT2D eigenvalue weighted by atomic mass is 10.3. The minimum atomic E-state index is -0.986. The fraction of sp³-hybridized carbons (Fsp3) is 0.100. The normalized spacial score (nSPS) is 10.4. The highest BCUT2D eigenvalue weighted by molar-refractivity contribution is 6.30. The average Bonchev–Trinajstić information content (AvgIpc) is 2.12. The SMILES string of the molecule is O=C(O)/C=C/COc1cccc(Cl)c1. The van der Waals surface area contributed by atoms with Crippen molar-refractivity contribution in [1.82, 2.24) is 0 Å². The number of carboxylic acids is 1. The maximum Gasteiger partial charge on any atom is 0.328 e. The van der Waals surface area contributed by atoms with Crippen molar-refractivity contribution in [3.8, 4) is 5.75 Å². The Morgan fingerprint density at radius 1 is 1.57 bits per heavy atom. The van der Waals surface area contributed by atoms with E-state index in [0.717, 1.165) is 6.08 Å². The molecule has 0 aromatic heterocycles. The fourth-order valence-corrected chi connectivity index (χ4v) is 1.03. The van der Waals surface area contributed by atoms with Crippen LogP contribution in [0, 0.1) is 0 Å². The molecule has 14 heavy (non-hydrogen) atoms. The third-order valence-corrected chi connectivity index (χ3v) is 1.64. The molecule has 0 saturated heterocycles. The molecule has 0 fully saturated rings. The summed E-state index contributed by atoms with van der Waals surface area (Å²) in [4.78, 5) is 10.1. The molecule has 0 unspecified atom stereocenters. The smallest absolute Gasteiger partial charge is 0.328 e. The Kier molecular flexibility index (Phi) is 4.01. The monoisotopic (exact) mass is 212 g/mol. The highest BCUT2D eigenvalue weighted by Crippen LogP contribution is 2.16. The molecule has 1 aromatic rings. The number of hydrogen-bond donors (Lipinski definition) is 1. The standard InChI is InChI=1S/C10H9ClO3/c11-8-3-1-4-9(7-8)14-6-2-5-10(12)13/h1-5,7H,6H2,(H,12,13)/b5-2+. The largest absolute Gasteiger partial charge is 0.489 e. The Balaban J connectivity index is 2.42. The maximum absolute atomic E-state index is 10.1. The first kappa shape index (κ1) is 10.6. The molecule has 0 heterocycles. The number of ether oxygens (including phenoxy) is 1. The summed E-state index contributed by atoms with van der Waals surface area (Å²) in [6, 6.07) is 6.91. The molecule has 0 amide bonds. The van der Waals surface area contributed by atoms with Gasteiger partial charge in [-0.05, 0) is 24.3 Å². The second kappa shape index (κ2) is 5.29. The minimum Gasteiger partial charge on any atom is -0.489 e. The van der Waals surface area contributed by atoms with Gasteiger partial charge < -0.3 is 9.84 Å². The highest BCUT2D eigenvalue weighted by atomic mass is 35.5. The van der Waals surface area contributed by atoms with Crippen molar-refractivity contribution in [2.24, 2.45) is 0 Å². The number of rotatable bonds is 4. The molecule has 1 N–H and O–H groups in total. The van der Waals surface area contributed by atoms with Crippen molar-refractivity contribution in [2.45, 2.75) is 0 Å². The number of hydrogen-bond acceptors (Lipinski definition) is 2. The van der Waals surface area contributed by atoms with Gasteiger partial charge in [-0.3, -0.25) is 0 Å². The van der Waals surface area contributed by atoms with Crippen LogP contribution in [0.25, 0.3) is 0 Å². The van der Waals surface area contributed by atoms with E-state index in [0.29, 0.717) is 10.8 Å². The minimum absolute atomic E-state index is 0.215. The lowest BCUT2D eigenvalue weighted by Crippen LogP contribution is -1.95. The second-order valence-corrected chi connectivity index (χ2v) is 2.95. The van der Waals surface area contributed by atoms with Gasteiger partial charge in [0.05, 0.1) is 0 Å². The molecule has 0 aliphatic heterocycles. The van der Waals surface area contributed by atoms with Gasteiger partial charge in [0.2, 0.25) is 0 Å². The summed E-state index contributed by atoms with van der Waals surface area (Å²) in [5, 5.41) is 8.88. The molecule has 0 aliphatic carbocycles. The summed E-state index contributed by atoms with van der Waals surface area (Å²) in [6.07, 6.45) is 2.45. The predicted octanol–water partition coefficient (Wildman–Crippen LogP) is 2.36. The molecular weight excluding hydrogens is 204 g/mol. The number of aliphatic carboxylic acids is 1. The van der Waals surface area contributed by atoms with E-state index in [4.69, 9.17) is 21.4 Å². The van der Waals surface area contributed by atoms with Gasteiger partial charge >= 0.3 is 5.97 Å². The van der Waals surface area contributed by atoms with E-state index < -0.39 is 5.97 Å². The fourth-order valence-electron chi connectivity index (χ4n) is 0.850. The van der Waals surface area contributed by atoms with Crippen molar-refractivity contribution in [1.29, 1.82) is 0 Å². The van der Waals surface area contributed by atoms with Crippen molar-refractivity contribution in [2.75, 3.05) is 6.61 Å². The number of halogens is 1. The van der Waals surface area contributed by atoms with Crippen LogP contribution in [0.1, 0.15) is 0 Å². The molecule has 0 atom stereocenters. The van der Waals surface area contributed by atoms with Gasteiger partial charge in [0.15, 0.2) is 0 Å². The van der Waals surface area contributed by atoms with Gasteiger partial charge in [-0.1, -0.05) is 17.7 Å². The summed E-state index contributed by atoms with van der Waals surface area (Å²) >= 11 is 5.72. The molecule has 3 nitrogen and oxygen atoms in total. The van der Waals surface area contributed by atoms with Crippen LogP contribution in [-0.2, 0) is 4.79 Å². The van der Waals surface area contributed by atoms with E-state index in [1.807, 2.05) is 0 Å².